The molecule has 0 bridgehead atoms. The number of halogens is 1. The Bertz CT molecular complexity index is 394. The highest BCUT2D eigenvalue weighted by Gasteiger charge is 2.20. The highest BCUT2D eigenvalue weighted by atomic mass is 79.9. The van der Waals surface area contributed by atoms with Crippen molar-refractivity contribution in [2.24, 2.45) is 0 Å². The molecule has 2 N–H and O–H groups in total. The number of ether oxygens (including phenoxy) is 2. The quantitative estimate of drug-likeness (QED) is 0.821. The van der Waals surface area contributed by atoms with Crippen LogP contribution in [0.2, 0.25) is 0 Å². The fourth-order valence-electron chi connectivity index (χ4n) is 1.90. The summed E-state index contributed by atoms with van der Waals surface area (Å²) >= 11 is 3.48. The second kappa shape index (κ2) is 6.23. The summed E-state index contributed by atoms with van der Waals surface area (Å²) in [5.41, 5.74) is 4.18. The average Bonchev–Trinajstić information content (AvgIpc) is 2.30. The third-order valence-corrected chi connectivity index (χ3v) is 3.30. The second-order valence-electron chi connectivity index (χ2n) is 3.98. The zero-order valence-electron chi connectivity index (χ0n) is 10.5. The molecule has 0 aliphatic heterocycles. The Kier molecular flexibility index (Phi) is 5.24. The Labute approximate surface area is 110 Å². The van der Waals surface area contributed by atoms with E-state index in [0.717, 1.165) is 21.3 Å². The summed E-state index contributed by atoms with van der Waals surface area (Å²) in [6.07, 6.45) is 0. The first-order valence-corrected chi connectivity index (χ1v) is 6.16. The Morgan fingerprint density at radius 1 is 1.35 bits per heavy atom. The van der Waals surface area contributed by atoms with Gasteiger partial charge in [0.2, 0.25) is 0 Å². The fraction of sp³-hybridized carbons (Fsp3) is 0.500. The molecule has 1 aromatic carbocycles. The zero-order chi connectivity index (χ0) is 13.0. The van der Waals surface area contributed by atoms with Crippen LogP contribution in [0.25, 0.3) is 0 Å². The number of nitrogens with one attached hydrogen (secondary N) is 1. The van der Waals surface area contributed by atoms with E-state index in [-0.39, 0.29) is 5.92 Å². The average molecular weight is 304 g/mol. The summed E-state index contributed by atoms with van der Waals surface area (Å²) < 4.78 is 11.6. The molecule has 0 saturated heterocycles. The maximum atomic E-state index is 8.90. The first-order valence-electron chi connectivity index (χ1n) is 5.37. The van der Waals surface area contributed by atoms with Crippen molar-refractivity contribution in [2.45, 2.75) is 26.3 Å². The molecule has 4 nitrogen and oxygen atoms in total. The van der Waals surface area contributed by atoms with Crippen molar-refractivity contribution in [3.63, 3.8) is 0 Å². The number of methoxy groups -OCH3 is 2. The maximum absolute atomic E-state index is 8.90. The predicted octanol–water partition coefficient (Wildman–Crippen LogP) is 3.07. The normalized spacial score (nSPS) is 10.8. The molecule has 5 heteroatoms. The molecule has 0 saturated carbocycles. The third-order valence-electron chi connectivity index (χ3n) is 2.60. The van der Waals surface area contributed by atoms with Crippen molar-refractivity contribution in [3.8, 4) is 11.5 Å². The molecule has 0 unspecified atom stereocenters. The van der Waals surface area contributed by atoms with Gasteiger partial charge in [-0.2, -0.15) is 0 Å². The van der Waals surface area contributed by atoms with Gasteiger partial charge in [-0.25, -0.2) is 5.48 Å². The van der Waals surface area contributed by atoms with Crippen LogP contribution in [-0.4, -0.2) is 19.4 Å². The summed E-state index contributed by atoms with van der Waals surface area (Å²) in [6, 6.07) is 1.84. The predicted molar refractivity (Wildman–Crippen MR) is 70.0 cm³/mol. The minimum Gasteiger partial charge on any atom is -0.493 e. The van der Waals surface area contributed by atoms with Crippen LogP contribution in [0.4, 0.5) is 0 Å². The van der Waals surface area contributed by atoms with Crippen LogP contribution in [0.3, 0.4) is 0 Å². The highest BCUT2D eigenvalue weighted by Crippen LogP contribution is 2.41. The van der Waals surface area contributed by atoms with Crippen molar-refractivity contribution in [3.05, 3.63) is 21.7 Å². The molecule has 0 radical (unpaired) electrons. The zero-order valence-corrected chi connectivity index (χ0v) is 12.1. The Morgan fingerprint density at radius 2 is 2.00 bits per heavy atom. The Balaban J connectivity index is 3.48. The minimum atomic E-state index is 0.264. The van der Waals surface area contributed by atoms with Crippen molar-refractivity contribution in [1.82, 2.24) is 5.48 Å². The second-order valence-corrected chi connectivity index (χ2v) is 4.83. The maximum Gasteiger partial charge on any atom is 0.164 e. The molecular weight excluding hydrogens is 286 g/mol. The van der Waals surface area contributed by atoms with Crippen LogP contribution in [-0.2, 0) is 6.54 Å². The van der Waals surface area contributed by atoms with Crippen molar-refractivity contribution >= 4 is 15.9 Å². The van der Waals surface area contributed by atoms with E-state index >= 15 is 0 Å². The van der Waals surface area contributed by atoms with E-state index in [2.05, 4.69) is 35.3 Å². The number of benzene rings is 1. The van der Waals surface area contributed by atoms with Crippen LogP contribution >= 0.6 is 15.9 Å². The Morgan fingerprint density at radius 3 is 2.41 bits per heavy atom. The van der Waals surface area contributed by atoms with Gasteiger partial charge in [-0.15, -0.1) is 0 Å². The first kappa shape index (κ1) is 14.3. The van der Waals surface area contributed by atoms with Crippen molar-refractivity contribution in [1.29, 1.82) is 0 Å². The van der Waals surface area contributed by atoms with E-state index in [9.17, 15) is 0 Å². The molecule has 0 spiro atoms. The summed E-state index contributed by atoms with van der Waals surface area (Å²) in [6.45, 7) is 4.50. The topological polar surface area (TPSA) is 50.7 Å². The van der Waals surface area contributed by atoms with Gasteiger partial charge in [0, 0.05) is 16.6 Å². The van der Waals surface area contributed by atoms with Gasteiger partial charge in [0.15, 0.2) is 11.5 Å². The van der Waals surface area contributed by atoms with Gasteiger partial charge in [0.05, 0.1) is 14.2 Å². The lowest BCUT2D eigenvalue weighted by molar-refractivity contribution is 0.160. The highest BCUT2D eigenvalue weighted by molar-refractivity contribution is 9.10. The van der Waals surface area contributed by atoms with Crippen molar-refractivity contribution < 1.29 is 14.7 Å². The lowest BCUT2D eigenvalue weighted by Gasteiger charge is -2.20. The third kappa shape index (κ3) is 2.91. The SMILES string of the molecule is COc1cc(Br)c(CNO)c(C(C)C)c1OC. The molecule has 0 atom stereocenters. The van der Waals surface area contributed by atoms with Gasteiger partial charge >= 0.3 is 0 Å². The van der Waals surface area contributed by atoms with Crippen LogP contribution in [0.15, 0.2) is 10.5 Å². The molecule has 0 aromatic heterocycles. The molecule has 1 aromatic rings. The minimum absolute atomic E-state index is 0.264. The number of hydroxylamine groups is 1. The van der Waals surface area contributed by atoms with Crippen molar-refractivity contribution in [2.75, 3.05) is 14.2 Å². The van der Waals surface area contributed by atoms with Gasteiger partial charge in [0.1, 0.15) is 0 Å². The van der Waals surface area contributed by atoms with E-state index in [4.69, 9.17) is 14.7 Å². The van der Waals surface area contributed by atoms with Gasteiger partial charge < -0.3 is 14.7 Å². The molecule has 0 aliphatic carbocycles. The van der Waals surface area contributed by atoms with E-state index in [0.29, 0.717) is 12.3 Å². The fourth-order valence-corrected chi connectivity index (χ4v) is 2.46. The largest absolute Gasteiger partial charge is 0.493 e. The molecular formula is C12H18BrNO3. The summed E-state index contributed by atoms with van der Waals surface area (Å²) in [4.78, 5) is 0. The monoisotopic (exact) mass is 303 g/mol. The lowest BCUT2D eigenvalue weighted by Crippen LogP contribution is -2.12. The molecule has 0 aliphatic rings. The molecule has 0 heterocycles. The number of rotatable bonds is 5. The summed E-state index contributed by atoms with van der Waals surface area (Å²) in [5.74, 6) is 1.67. The standard InChI is InChI=1S/C12H18BrNO3/c1-7(2)11-8(6-14-15)9(13)5-10(16-3)12(11)17-4/h5,7,14-15H,6H2,1-4H3. The smallest absolute Gasteiger partial charge is 0.164 e. The molecule has 17 heavy (non-hydrogen) atoms. The summed E-state index contributed by atoms with van der Waals surface area (Å²) in [5, 5.41) is 8.90. The molecule has 0 amide bonds. The van der Waals surface area contributed by atoms with Crippen LogP contribution in [0, 0.1) is 0 Å². The van der Waals surface area contributed by atoms with Crippen LogP contribution < -0.4 is 15.0 Å². The van der Waals surface area contributed by atoms with E-state index in [1.807, 2.05) is 6.07 Å². The molecule has 1 rings (SSSR count). The lowest BCUT2D eigenvalue weighted by atomic mass is 9.95. The van der Waals surface area contributed by atoms with E-state index < -0.39 is 0 Å². The summed E-state index contributed by atoms with van der Waals surface area (Å²) in [7, 11) is 3.23. The van der Waals surface area contributed by atoms with Gasteiger partial charge in [-0.1, -0.05) is 29.8 Å². The van der Waals surface area contributed by atoms with Gasteiger partial charge in [0.25, 0.3) is 0 Å². The van der Waals surface area contributed by atoms with E-state index in [1.165, 1.54) is 0 Å². The van der Waals surface area contributed by atoms with Crippen LogP contribution in [0.1, 0.15) is 30.9 Å². The van der Waals surface area contributed by atoms with Gasteiger partial charge in [-0.05, 0) is 17.5 Å². The first-order chi connectivity index (χ1) is 8.06. The number of hydrogen-bond acceptors (Lipinski definition) is 4. The number of hydrogen-bond donors (Lipinski definition) is 2. The van der Waals surface area contributed by atoms with E-state index in [1.54, 1.807) is 14.2 Å². The van der Waals surface area contributed by atoms with Crippen LogP contribution in [0.5, 0.6) is 11.5 Å². The molecule has 96 valence electrons. The molecule has 0 fully saturated rings. The van der Waals surface area contributed by atoms with Gasteiger partial charge in [-0.3, -0.25) is 0 Å². The Hall–Kier alpha value is -0.780.